The van der Waals surface area contributed by atoms with Gasteiger partial charge < -0.3 is 10.1 Å². The van der Waals surface area contributed by atoms with Crippen LogP contribution in [0.1, 0.15) is 39.5 Å². The molecule has 2 aliphatic heterocycles. The summed E-state index contributed by atoms with van der Waals surface area (Å²) < 4.78 is 5.36. The standard InChI is InChI=1S/C16H33N3O/c1-3-20-12-6-8-17-13-15(2)19-11-10-18-9-5-4-7-16(18)14-19/h15-17H,3-14H2,1-2H3. The van der Waals surface area contributed by atoms with E-state index in [0.717, 1.165) is 38.8 Å². The van der Waals surface area contributed by atoms with Gasteiger partial charge in [0.25, 0.3) is 0 Å². The summed E-state index contributed by atoms with van der Waals surface area (Å²) in [7, 11) is 0. The van der Waals surface area contributed by atoms with Crippen LogP contribution in [-0.2, 0) is 4.74 Å². The van der Waals surface area contributed by atoms with Gasteiger partial charge in [0.2, 0.25) is 0 Å². The van der Waals surface area contributed by atoms with E-state index >= 15 is 0 Å². The van der Waals surface area contributed by atoms with Crippen LogP contribution in [0.5, 0.6) is 0 Å². The number of nitrogens with one attached hydrogen (secondary N) is 1. The topological polar surface area (TPSA) is 27.7 Å². The first-order chi connectivity index (χ1) is 9.81. The fourth-order valence-electron chi connectivity index (χ4n) is 3.46. The van der Waals surface area contributed by atoms with Crippen LogP contribution in [0.2, 0.25) is 0 Å². The Morgan fingerprint density at radius 1 is 1.25 bits per heavy atom. The Morgan fingerprint density at radius 2 is 2.15 bits per heavy atom. The van der Waals surface area contributed by atoms with Crippen molar-refractivity contribution in [2.24, 2.45) is 0 Å². The Balaban J connectivity index is 1.59. The van der Waals surface area contributed by atoms with Crippen LogP contribution in [0, 0.1) is 0 Å². The Labute approximate surface area is 124 Å². The van der Waals surface area contributed by atoms with Crippen LogP contribution in [0.25, 0.3) is 0 Å². The molecule has 0 aromatic rings. The molecule has 2 fully saturated rings. The van der Waals surface area contributed by atoms with E-state index in [1.54, 1.807) is 0 Å². The lowest BCUT2D eigenvalue weighted by Gasteiger charge is -2.46. The highest BCUT2D eigenvalue weighted by Gasteiger charge is 2.30. The van der Waals surface area contributed by atoms with Crippen molar-refractivity contribution in [1.82, 2.24) is 15.1 Å². The van der Waals surface area contributed by atoms with Gasteiger partial charge in [0, 0.05) is 51.5 Å². The number of hydrogen-bond acceptors (Lipinski definition) is 4. The second-order valence-corrected chi connectivity index (χ2v) is 6.28. The quantitative estimate of drug-likeness (QED) is 0.684. The summed E-state index contributed by atoms with van der Waals surface area (Å²) in [6.07, 6.45) is 5.37. The minimum atomic E-state index is 0.658. The molecule has 0 amide bonds. The van der Waals surface area contributed by atoms with Crippen molar-refractivity contribution in [3.05, 3.63) is 0 Å². The van der Waals surface area contributed by atoms with Crippen LogP contribution in [0.4, 0.5) is 0 Å². The molecule has 2 saturated heterocycles. The molecule has 2 atom stereocenters. The molecule has 1 N–H and O–H groups in total. The van der Waals surface area contributed by atoms with Gasteiger partial charge in [-0.3, -0.25) is 9.80 Å². The van der Waals surface area contributed by atoms with Gasteiger partial charge in [0.05, 0.1) is 0 Å². The van der Waals surface area contributed by atoms with Crippen molar-refractivity contribution >= 4 is 0 Å². The summed E-state index contributed by atoms with van der Waals surface area (Å²) in [5.41, 5.74) is 0. The molecule has 0 aromatic carbocycles. The fraction of sp³-hybridized carbons (Fsp3) is 1.00. The normalized spacial score (nSPS) is 26.4. The summed E-state index contributed by atoms with van der Waals surface area (Å²) in [5.74, 6) is 0. The van der Waals surface area contributed by atoms with Gasteiger partial charge in [-0.1, -0.05) is 6.42 Å². The first-order valence-electron chi connectivity index (χ1n) is 8.57. The van der Waals surface area contributed by atoms with Crippen LogP contribution >= 0.6 is 0 Å². The first-order valence-corrected chi connectivity index (χ1v) is 8.57. The SMILES string of the molecule is CCOCCCNCC(C)N1CCN2CCCCC2C1. The zero-order valence-corrected chi connectivity index (χ0v) is 13.4. The van der Waals surface area contributed by atoms with Crippen molar-refractivity contribution < 1.29 is 4.74 Å². The average molecular weight is 283 g/mol. The monoisotopic (exact) mass is 283 g/mol. The molecule has 2 aliphatic rings. The lowest BCUT2D eigenvalue weighted by Crippen LogP contribution is -2.58. The van der Waals surface area contributed by atoms with Crippen molar-refractivity contribution in [1.29, 1.82) is 0 Å². The van der Waals surface area contributed by atoms with Gasteiger partial charge in [-0.2, -0.15) is 0 Å². The maximum atomic E-state index is 5.36. The van der Waals surface area contributed by atoms with Gasteiger partial charge in [-0.25, -0.2) is 0 Å². The summed E-state index contributed by atoms with van der Waals surface area (Å²) in [6.45, 7) is 13.5. The smallest absolute Gasteiger partial charge is 0.0477 e. The number of piperidine rings is 1. The Hall–Kier alpha value is -0.160. The largest absolute Gasteiger partial charge is 0.382 e. The molecule has 0 bridgehead atoms. The second-order valence-electron chi connectivity index (χ2n) is 6.28. The molecule has 0 radical (unpaired) electrons. The van der Waals surface area contributed by atoms with Gasteiger partial charge in [-0.05, 0) is 46.2 Å². The van der Waals surface area contributed by atoms with E-state index in [2.05, 4.69) is 29.0 Å². The van der Waals surface area contributed by atoms with E-state index < -0.39 is 0 Å². The third-order valence-electron chi connectivity index (χ3n) is 4.78. The van der Waals surface area contributed by atoms with Gasteiger partial charge in [0.15, 0.2) is 0 Å². The highest BCUT2D eigenvalue weighted by Crippen LogP contribution is 2.21. The Morgan fingerprint density at radius 3 is 3.00 bits per heavy atom. The van der Waals surface area contributed by atoms with E-state index in [1.165, 1.54) is 45.4 Å². The van der Waals surface area contributed by atoms with Gasteiger partial charge in [-0.15, -0.1) is 0 Å². The van der Waals surface area contributed by atoms with Crippen molar-refractivity contribution in [2.75, 3.05) is 52.5 Å². The lowest BCUT2D eigenvalue weighted by molar-refractivity contribution is 0.0311. The maximum Gasteiger partial charge on any atom is 0.0477 e. The zero-order chi connectivity index (χ0) is 14.2. The number of ether oxygens (including phenoxy) is 1. The molecule has 0 saturated carbocycles. The molecule has 0 aliphatic carbocycles. The predicted molar refractivity (Wildman–Crippen MR) is 84.2 cm³/mol. The van der Waals surface area contributed by atoms with E-state index in [-0.39, 0.29) is 0 Å². The Bertz CT molecular complexity index is 262. The summed E-state index contributed by atoms with van der Waals surface area (Å²) in [6, 6.07) is 1.49. The van der Waals surface area contributed by atoms with Crippen LogP contribution < -0.4 is 5.32 Å². The summed E-state index contributed by atoms with van der Waals surface area (Å²) >= 11 is 0. The second kappa shape index (κ2) is 8.98. The minimum absolute atomic E-state index is 0.658. The number of piperazine rings is 1. The number of fused-ring (bicyclic) bond motifs is 1. The van der Waals surface area contributed by atoms with E-state index in [1.807, 2.05) is 0 Å². The summed E-state index contributed by atoms with van der Waals surface area (Å²) in [5, 5.41) is 3.58. The van der Waals surface area contributed by atoms with E-state index in [4.69, 9.17) is 4.74 Å². The van der Waals surface area contributed by atoms with Crippen molar-refractivity contribution in [2.45, 2.75) is 51.6 Å². The number of hydrogen-bond donors (Lipinski definition) is 1. The third kappa shape index (κ3) is 4.99. The molecule has 4 heteroatoms. The number of rotatable bonds is 8. The minimum Gasteiger partial charge on any atom is -0.382 e. The van der Waals surface area contributed by atoms with Gasteiger partial charge in [0.1, 0.15) is 0 Å². The average Bonchev–Trinajstić information content (AvgIpc) is 2.50. The van der Waals surface area contributed by atoms with Crippen molar-refractivity contribution in [3.63, 3.8) is 0 Å². The van der Waals surface area contributed by atoms with Gasteiger partial charge >= 0.3 is 0 Å². The fourth-order valence-corrected chi connectivity index (χ4v) is 3.46. The lowest BCUT2D eigenvalue weighted by atomic mass is 9.99. The van der Waals surface area contributed by atoms with Crippen LogP contribution in [-0.4, -0.2) is 74.4 Å². The number of nitrogens with zero attached hydrogens (tertiary/aromatic N) is 2. The van der Waals surface area contributed by atoms with Crippen LogP contribution in [0.15, 0.2) is 0 Å². The van der Waals surface area contributed by atoms with Crippen LogP contribution in [0.3, 0.4) is 0 Å². The molecule has 0 aromatic heterocycles. The van der Waals surface area contributed by atoms with Crippen molar-refractivity contribution in [3.8, 4) is 0 Å². The summed E-state index contributed by atoms with van der Waals surface area (Å²) in [4.78, 5) is 5.39. The van der Waals surface area contributed by atoms with E-state index in [9.17, 15) is 0 Å². The molecule has 118 valence electrons. The highest BCUT2D eigenvalue weighted by molar-refractivity contribution is 4.87. The molecular formula is C16H33N3O. The predicted octanol–water partition coefficient (Wildman–Crippen LogP) is 1.56. The molecule has 20 heavy (non-hydrogen) atoms. The molecule has 4 nitrogen and oxygen atoms in total. The van der Waals surface area contributed by atoms with E-state index in [0.29, 0.717) is 6.04 Å². The maximum absolute atomic E-state index is 5.36. The third-order valence-corrected chi connectivity index (χ3v) is 4.78. The molecular weight excluding hydrogens is 250 g/mol. The zero-order valence-electron chi connectivity index (χ0n) is 13.4. The molecule has 2 rings (SSSR count). The molecule has 2 unspecified atom stereocenters. The molecule has 2 heterocycles. The first kappa shape index (κ1) is 16.2. The Kier molecular flexibility index (Phi) is 7.28. The molecule has 0 spiro atoms. The highest BCUT2D eigenvalue weighted by atomic mass is 16.5.